The fourth-order valence-electron chi connectivity index (χ4n) is 3.83. The van der Waals surface area contributed by atoms with Gasteiger partial charge in [-0.05, 0) is 38.0 Å². The van der Waals surface area contributed by atoms with Gasteiger partial charge in [-0.15, -0.1) is 0 Å². The number of amides is 1. The molecule has 30 heavy (non-hydrogen) atoms. The summed E-state index contributed by atoms with van der Waals surface area (Å²) in [5.74, 6) is 1.07. The van der Waals surface area contributed by atoms with E-state index < -0.39 is 0 Å². The number of nitrogens with one attached hydrogen (secondary N) is 1. The maximum Gasteiger partial charge on any atom is 0.292 e. The minimum absolute atomic E-state index is 0.0522. The van der Waals surface area contributed by atoms with Gasteiger partial charge in [-0.3, -0.25) is 9.59 Å². The summed E-state index contributed by atoms with van der Waals surface area (Å²) in [5, 5.41) is 7.71. The van der Waals surface area contributed by atoms with Crippen LogP contribution in [-0.4, -0.2) is 21.5 Å². The lowest BCUT2D eigenvalue weighted by Gasteiger charge is -2.14. The average molecular weight is 405 g/mol. The Hall–Kier alpha value is -3.15. The summed E-state index contributed by atoms with van der Waals surface area (Å²) in [7, 11) is 0. The number of aromatic nitrogens is 2. The molecule has 1 aliphatic rings. The predicted molar refractivity (Wildman–Crippen MR) is 116 cm³/mol. The Bertz CT molecular complexity index is 1150. The molecule has 0 aliphatic heterocycles. The second kappa shape index (κ2) is 7.27. The second-order valence-corrected chi connectivity index (χ2v) is 9.00. The van der Waals surface area contributed by atoms with E-state index in [2.05, 4.69) is 26.1 Å². The number of benzene rings is 1. The van der Waals surface area contributed by atoms with Crippen LogP contribution in [0.25, 0.3) is 5.69 Å². The maximum absolute atomic E-state index is 13.1. The summed E-state index contributed by atoms with van der Waals surface area (Å²) in [5.41, 5.74) is 3.85. The van der Waals surface area contributed by atoms with Crippen molar-refractivity contribution in [2.75, 3.05) is 5.32 Å². The first-order valence-electron chi connectivity index (χ1n) is 10.3. The van der Waals surface area contributed by atoms with Crippen LogP contribution in [0, 0.1) is 13.8 Å². The van der Waals surface area contributed by atoms with Crippen molar-refractivity contribution in [1.82, 2.24) is 9.78 Å². The Morgan fingerprint density at radius 3 is 2.60 bits per heavy atom. The number of hydrogen-bond donors (Lipinski definition) is 1. The van der Waals surface area contributed by atoms with Crippen LogP contribution in [0.3, 0.4) is 0 Å². The molecule has 0 fully saturated rings. The molecule has 0 unspecified atom stereocenters. The lowest BCUT2D eigenvalue weighted by Crippen LogP contribution is -2.16. The topological polar surface area (TPSA) is 77.1 Å². The molecule has 0 saturated carbocycles. The van der Waals surface area contributed by atoms with E-state index in [1.165, 1.54) is 0 Å². The highest BCUT2D eigenvalue weighted by atomic mass is 16.4. The van der Waals surface area contributed by atoms with Gasteiger partial charge in [0.05, 0.1) is 16.9 Å². The first-order chi connectivity index (χ1) is 14.1. The Morgan fingerprint density at radius 2 is 1.93 bits per heavy atom. The summed E-state index contributed by atoms with van der Waals surface area (Å²) in [6.45, 7) is 10.0. The Balaban J connectivity index is 1.73. The van der Waals surface area contributed by atoms with Crippen LogP contribution in [0.2, 0.25) is 0 Å². The van der Waals surface area contributed by atoms with Gasteiger partial charge < -0.3 is 9.73 Å². The highest BCUT2D eigenvalue weighted by Gasteiger charge is 2.30. The highest BCUT2D eigenvalue weighted by Crippen LogP contribution is 2.31. The molecule has 2 aromatic heterocycles. The summed E-state index contributed by atoms with van der Waals surface area (Å²) in [6, 6.07) is 9.85. The normalized spacial score (nSPS) is 14.0. The number of ketones is 1. The second-order valence-electron chi connectivity index (χ2n) is 9.00. The molecule has 0 spiro atoms. The van der Waals surface area contributed by atoms with Gasteiger partial charge in [0.1, 0.15) is 11.6 Å². The quantitative estimate of drug-likeness (QED) is 0.654. The van der Waals surface area contributed by atoms with Gasteiger partial charge in [0, 0.05) is 29.9 Å². The van der Waals surface area contributed by atoms with Crippen molar-refractivity contribution >= 4 is 17.5 Å². The van der Waals surface area contributed by atoms with Gasteiger partial charge in [-0.1, -0.05) is 32.9 Å². The summed E-state index contributed by atoms with van der Waals surface area (Å²) in [4.78, 5) is 25.4. The van der Waals surface area contributed by atoms with E-state index in [0.717, 1.165) is 23.4 Å². The Morgan fingerprint density at radius 1 is 1.17 bits per heavy atom. The molecule has 6 heteroatoms. The fraction of sp³-hybridized carbons (Fsp3) is 0.375. The molecular weight excluding hydrogens is 378 g/mol. The molecule has 1 aromatic carbocycles. The van der Waals surface area contributed by atoms with E-state index >= 15 is 0 Å². The molecule has 2 heterocycles. The van der Waals surface area contributed by atoms with Crippen molar-refractivity contribution in [1.29, 1.82) is 0 Å². The molecule has 4 rings (SSSR count). The van der Waals surface area contributed by atoms with Crippen molar-refractivity contribution in [3.05, 3.63) is 64.2 Å². The molecule has 1 amide bonds. The first kappa shape index (κ1) is 20.1. The number of carbonyl (C=O) groups excluding carboxylic acids is 2. The van der Waals surface area contributed by atoms with E-state index in [1.807, 2.05) is 37.3 Å². The van der Waals surface area contributed by atoms with Crippen LogP contribution >= 0.6 is 0 Å². The van der Waals surface area contributed by atoms with Gasteiger partial charge in [0.2, 0.25) is 0 Å². The van der Waals surface area contributed by atoms with Crippen molar-refractivity contribution in [2.24, 2.45) is 0 Å². The number of aryl methyl sites for hydroxylation is 2. The molecule has 156 valence electrons. The number of rotatable bonds is 3. The molecule has 3 aromatic rings. The SMILES string of the molecule is Cc1cccc(-n2nc(C(C)(C)C)cc2NC(=O)c2oc3c(c2C)C(=O)CCC3)c1. The highest BCUT2D eigenvalue weighted by molar-refractivity contribution is 6.07. The zero-order valence-electron chi connectivity index (χ0n) is 18.1. The number of Topliss-reactive ketones (excluding diaryl/α,β-unsaturated/α-hetero) is 1. The lowest BCUT2D eigenvalue weighted by molar-refractivity contribution is 0.0963. The van der Waals surface area contributed by atoms with Gasteiger partial charge in [0.25, 0.3) is 5.91 Å². The Labute approximate surface area is 176 Å². The summed E-state index contributed by atoms with van der Waals surface area (Å²) >= 11 is 0. The summed E-state index contributed by atoms with van der Waals surface area (Å²) in [6.07, 6.45) is 1.95. The summed E-state index contributed by atoms with van der Waals surface area (Å²) < 4.78 is 7.56. The fourth-order valence-corrected chi connectivity index (χ4v) is 3.83. The van der Waals surface area contributed by atoms with Gasteiger partial charge >= 0.3 is 0 Å². The number of hydrogen-bond acceptors (Lipinski definition) is 4. The minimum atomic E-state index is -0.371. The van der Waals surface area contributed by atoms with Crippen LogP contribution in [0.4, 0.5) is 5.82 Å². The molecule has 1 N–H and O–H groups in total. The van der Waals surface area contributed by atoms with Gasteiger partial charge in [-0.2, -0.15) is 5.10 Å². The molecule has 0 atom stereocenters. The van der Waals surface area contributed by atoms with Gasteiger partial charge in [-0.25, -0.2) is 4.68 Å². The average Bonchev–Trinajstić information content (AvgIpc) is 3.24. The molecular formula is C24H27N3O3. The van der Waals surface area contributed by atoms with Crippen molar-refractivity contribution in [2.45, 2.75) is 59.3 Å². The third-order valence-corrected chi connectivity index (χ3v) is 5.48. The number of nitrogens with zero attached hydrogens (tertiary/aromatic N) is 2. The minimum Gasteiger partial charge on any atom is -0.455 e. The van der Waals surface area contributed by atoms with E-state index in [0.29, 0.717) is 35.5 Å². The number of fused-ring (bicyclic) bond motifs is 1. The maximum atomic E-state index is 13.1. The van der Waals surface area contributed by atoms with Crippen LogP contribution in [0.5, 0.6) is 0 Å². The molecule has 1 aliphatic carbocycles. The van der Waals surface area contributed by atoms with Crippen LogP contribution < -0.4 is 5.32 Å². The molecule has 0 saturated heterocycles. The first-order valence-corrected chi connectivity index (χ1v) is 10.3. The largest absolute Gasteiger partial charge is 0.455 e. The van der Waals surface area contributed by atoms with Crippen molar-refractivity contribution in [3.63, 3.8) is 0 Å². The standard InChI is InChI=1S/C24H27N3O3/c1-14-8-6-9-16(12-14)27-20(13-19(26-27)24(3,4)5)25-23(29)22-15(2)21-17(28)10-7-11-18(21)30-22/h6,8-9,12-13H,7,10-11H2,1-5H3,(H,25,29). The van der Waals surface area contributed by atoms with Crippen LogP contribution in [0.15, 0.2) is 34.7 Å². The third-order valence-electron chi connectivity index (χ3n) is 5.48. The molecule has 0 radical (unpaired) electrons. The zero-order chi connectivity index (χ0) is 21.6. The third kappa shape index (κ3) is 3.58. The smallest absolute Gasteiger partial charge is 0.292 e. The number of anilines is 1. The van der Waals surface area contributed by atoms with E-state index in [4.69, 9.17) is 9.52 Å². The Kier molecular flexibility index (Phi) is 4.88. The van der Waals surface area contributed by atoms with Crippen LogP contribution in [0.1, 0.15) is 77.1 Å². The molecule has 0 bridgehead atoms. The van der Waals surface area contributed by atoms with Crippen molar-refractivity contribution in [3.8, 4) is 5.69 Å². The van der Waals surface area contributed by atoms with E-state index in [-0.39, 0.29) is 22.9 Å². The van der Waals surface area contributed by atoms with Crippen molar-refractivity contribution < 1.29 is 14.0 Å². The van der Waals surface area contributed by atoms with Gasteiger partial charge in [0.15, 0.2) is 11.5 Å². The monoisotopic (exact) mass is 405 g/mol. The van der Waals surface area contributed by atoms with E-state index in [9.17, 15) is 9.59 Å². The van der Waals surface area contributed by atoms with E-state index in [1.54, 1.807) is 11.6 Å². The zero-order valence-corrected chi connectivity index (χ0v) is 18.1. The number of carbonyl (C=O) groups is 2. The number of furan rings is 1. The van der Waals surface area contributed by atoms with Crippen LogP contribution in [-0.2, 0) is 11.8 Å². The predicted octanol–water partition coefficient (Wildman–Crippen LogP) is 5.15. The lowest BCUT2D eigenvalue weighted by atomic mass is 9.92. The molecule has 6 nitrogen and oxygen atoms in total.